The second-order valence-corrected chi connectivity index (χ2v) is 4.79. The molecule has 0 aliphatic carbocycles. The maximum atomic E-state index is 4.69. The number of imidazole rings is 1. The molecule has 3 heterocycles. The molecule has 1 aliphatic rings. The molecule has 1 saturated heterocycles. The van der Waals surface area contributed by atoms with Crippen molar-refractivity contribution in [3.8, 4) is 0 Å². The van der Waals surface area contributed by atoms with E-state index in [0.29, 0.717) is 0 Å². The average molecular weight is 253 g/mol. The van der Waals surface area contributed by atoms with Gasteiger partial charge in [-0.15, -0.1) is 0 Å². The molecule has 1 aromatic carbocycles. The average Bonchev–Trinajstić information content (AvgIpc) is 2.86. The van der Waals surface area contributed by atoms with E-state index in [1.165, 1.54) is 0 Å². The van der Waals surface area contributed by atoms with Gasteiger partial charge in [-0.1, -0.05) is 12.1 Å². The Balaban J connectivity index is 1.84. The molecule has 0 amide bonds. The van der Waals surface area contributed by atoms with Crippen LogP contribution in [0.1, 0.15) is 0 Å². The lowest BCUT2D eigenvalue weighted by Crippen LogP contribution is -2.43. The van der Waals surface area contributed by atoms with E-state index >= 15 is 0 Å². The Morgan fingerprint density at radius 2 is 1.84 bits per heavy atom. The van der Waals surface area contributed by atoms with E-state index in [1.807, 2.05) is 22.6 Å². The molecule has 0 bridgehead atoms. The fourth-order valence-electron chi connectivity index (χ4n) is 2.61. The Morgan fingerprint density at radius 1 is 1.00 bits per heavy atom. The Hall–Kier alpha value is -2.14. The third kappa shape index (κ3) is 1.74. The highest BCUT2D eigenvalue weighted by Crippen LogP contribution is 2.18. The highest BCUT2D eigenvalue weighted by molar-refractivity contribution is 5.79. The minimum Gasteiger partial charge on any atom is -0.354 e. The first-order valence-electron chi connectivity index (χ1n) is 6.61. The summed E-state index contributed by atoms with van der Waals surface area (Å²) in [4.78, 5) is 11.6. The maximum Gasteiger partial charge on any atom is 0.236 e. The van der Waals surface area contributed by atoms with Gasteiger partial charge in [0, 0.05) is 32.4 Å². The van der Waals surface area contributed by atoms with Crippen LogP contribution in [0.25, 0.3) is 16.8 Å². The summed E-state index contributed by atoms with van der Waals surface area (Å²) in [6, 6.07) is 10.2. The highest BCUT2D eigenvalue weighted by Gasteiger charge is 2.13. The smallest absolute Gasteiger partial charge is 0.236 e. The van der Waals surface area contributed by atoms with Crippen LogP contribution in [-0.4, -0.2) is 40.5 Å². The molecule has 3 aromatic rings. The number of hydrogen-bond acceptors (Lipinski definition) is 4. The van der Waals surface area contributed by atoms with Crippen LogP contribution in [0, 0.1) is 0 Å². The molecule has 0 spiro atoms. The fraction of sp³-hybridized carbons (Fsp3) is 0.286. The minimum absolute atomic E-state index is 0.775. The quantitative estimate of drug-likeness (QED) is 0.710. The number of nitrogens with zero attached hydrogens (tertiary/aromatic N) is 4. The van der Waals surface area contributed by atoms with Crippen LogP contribution < -0.4 is 10.2 Å². The highest BCUT2D eigenvalue weighted by atomic mass is 15.3. The van der Waals surface area contributed by atoms with E-state index in [1.54, 1.807) is 0 Å². The van der Waals surface area contributed by atoms with Crippen LogP contribution in [0.3, 0.4) is 0 Å². The number of nitrogens with one attached hydrogen (secondary N) is 1. The molecule has 4 rings (SSSR count). The standard InChI is InChI=1S/C14H15N5/c1-2-4-12-11(3-1)16-14-17-13(5-8-19(12)14)18-9-6-15-7-10-18/h1-5,8,15H,6-7,9-10H2. The molecule has 5 nitrogen and oxygen atoms in total. The van der Waals surface area contributed by atoms with Gasteiger partial charge in [0.1, 0.15) is 5.82 Å². The van der Waals surface area contributed by atoms with Gasteiger partial charge >= 0.3 is 0 Å². The third-order valence-electron chi connectivity index (χ3n) is 3.61. The summed E-state index contributed by atoms with van der Waals surface area (Å²) >= 11 is 0. The van der Waals surface area contributed by atoms with E-state index < -0.39 is 0 Å². The monoisotopic (exact) mass is 253 g/mol. The van der Waals surface area contributed by atoms with Crippen LogP contribution in [-0.2, 0) is 0 Å². The Morgan fingerprint density at radius 3 is 2.74 bits per heavy atom. The number of rotatable bonds is 1. The summed E-state index contributed by atoms with van der Waals surface area (Å²) in [5, 5.41) is 3.35. The summed E-state index contributed by atoms with van der Waals surface area (Å²) < 4.78 is 2.04. The first-order valence-corrected chi connectivity index (χ1v) is 6.61. The molecule has 5 heteroatoms. The molecule has 0 unspecified atom stereocenters. The van der Waals surface area contributed by atoms with Crippen molar-refractivity contribution in [1.29, 1.82) is 0 Å². The summed E-state index contributed by atoms with van der Waals surface area (Å²) in [5.74, 6) is 1.79. The van der Waals surface area contributed by atoms with Crippen molar-refractivity contribution >= 4 is 22.6 Å². The first kappa shape index (κ1) is 10.8. The van der Waals surface area contributed by atoms with Gasteiger partial charge in [-0.2, -0.15) is 4.98 Å². The molecule has 0 radical (unpaired) electrons. The van der Waals surface area contributed by atoms with Crippen molar-refractivity contribution in [1.82, 2.24) is 19.7 Å². The molecule has 0 atom stereocenters. The summed E-state index contributed by atoms with van der Waals surface area (Å²) in [5.41, 5.74) is 2.10. The normalized spacial score (nSPS) is 16.3. The van der Waals surface area contributed by atoms with Crippen LogP contribution in [0.2, 0.25) is 0 Å². The van der Waals surface area contributed by atoms with Gasteiger partial charge in [-0.3, -0.25) is 4.40 Å². The first-order chi connectivity index (χ1) is 9.42. The van der Waals surface area contributed by atoms with Gasteiger partial charge in [-0.25, -0.2) is 4.98 Å². The topological polar surface area (TPSA) is 45.5 Å². The van der Waals surface area contributed by atoms with E-state index in [0.717, 1.165) is 48.8 Å². The summed E-state index contributed by atoms with van der Waals surface area (Å²) in [6.45, 7) is 4.04. The van der Waals surface area contributed by atoms with Crippen molar-refractivity contribution in [2.45, 2.75) is 0 Å². The van der Waals surface area contributed by atoms with E-state index in [-0.39, 0.29) is 0 Å². The van der Waals surface area contributed by atoms with Gasteiger partial charge in [0.05, 0.1) is 11.0 Å². The van der Waals surface area contributed by atoms with Crippen LogP contribution >= 0.6 is 0 Å². The van der Waals surface area contributed by atoms with Crippen molar-refractivity contribution in [2.75, 3.05) is 31.1 Å². The number of anilines is 1. The SMILES string of the molecule is c1ccc2c(c1)nc1nc(N3CCNCC3)ccn12. The molecule has 0 saturated carbocycles. The second kappa shape index (κ2) is 4.20. The number of aromatic nitrogens is 3. The molecule has 19 heavy (non-hydrogen) atoms. The van der Waals surface area contributed by atoms with Crippen LogP contribution in [0.4, 0.5) is 5.82 Å². The molecular formula is C14H15N5. The van der Waals surface area contributed by atoms with Gasteiger partial charge in [-0.05, 0) is 18.2 Å². The lowest BCUT2D eigenvalue weighted by atomic mass is 10.3. The third-order valence-corrected chi connectivity index (χ3v) is 3.61. The van der Waals surface area contributed by atoms with Crippen molar-refractivity contribution in [2.24, 2.45) is 0 Å². The number of benzene rings is 1. The van der Waals surface area contributed by atoms with E-state index in [2.05, 4.69) is 38.5 Å². The van der Waals surface area contributed by atoms with Crippen molar-refractivity contribution < 1.29 is 0 Å². The molecule has 1 aliphatic heterocycles. The predicted octanol–water partition coefficient (Wildman–Crippen LogP) is 1.29. The largest absolute Gasteiger partial charge is 0.354 e. The molecule has 96 valence electrons. The summed E-state index contributed by atoms with van der Waals surface area (Å²) in [6.07, 6.45) is 2.06. The number of hydrogen-bond donors (Lipinski definition) is 1. The van der Waals surface area contributed by atoms with Gasteiger partial charge in [0.2, 0.25) is 5.78 Å². The molecular weight excluding hydrogens is 238 g/mol. The zero-order valence-corrected chi connectivity index (χ0v) is 10.6. The van der Waals surface area contributed by atoms with Gasteiger partial charge in [0.15, 0.2) is 0 Å². The van der Waals surface area contributed by atoms with E-state index in [4.69, 9.17) is 0 Å². The van der Waals surface area contributed by atoms with Crippen LogP contribution in [0.15, 0.2) is 36.5 Å². The number of para-hydroxylation sites is 2. The van der Waals surface area contributed by atoms with E-state index in [9.17, 15) is 0 Å². The predicted molar refractivity (Wildman–Crippen MR) is 75.6 cm³/mol. The minimum atomic E-state index is 0.775. The second-order valence-electron chi connectivity index (χ2n) is 4.79. The zero-order chi connectivity index (χ0) is 12.7. The van der Waals surface area contributed by atoms with Crippen molar-refractivity contribution in [3.05, 3.63) is 36.5 Å². The maximum absolute atomic E-state index is 4.69. The molecule has 2 aromatic heterocycles. The zero-order valence-electron chi connectivity index (χ0n) is 10.6. The van der Waals surface area contributed by atoms with Gasteiger partial charge < -0.3 is 10.2 Å². The lowest BCUT2D eigenvalue weighted by molar-refractivity contribution is 0.585. The Bertz CT molecular complexity index is 727. The van der Waals surface area contributed by atoms with Crippen molar-refractivity contribution in [3.63, 3.8) is 0 Å². The Kier molecular flexibility index (Phi) is 2.38. The Labute approximate surface area is 110 Å². The molecule has 1 N–H and O–H groups in total. The lowest BCUT2D eigenvalue weighted by Gasteiger charge is -2.28. The molecule has 1 fully saturated rings. The van der Waals surface area contributed by atoms with Gasteiger partial charge in [0.25, 0.3) is 0 Å². The summed E-state index contributed by atoms with van der Waals surface area (Å²) in [7, 11) is 0. The number of fused-ring (bicyclic) bond motifs is 3. The van der Waals surface area contributed by atoms with Crippen LogP contribution in [0.5, 0.6) is 0 Å². The number of piperazine rings is 1. The fourth-order valence-corrected chi connectivity index (χ4v) is 2.61.